The van der Waals surface area contributed by atoms with Gasteiger partial charge in [-0.15, -0.1) is 0 Å². The summed E-state index contributed by atoms with van der Waals surface area (Å²) in [6.07, 6.45) is 4.74. The van der Waals surface area contributed by atoms with Gasteiger partial charge in [-0.3, -0.25) is 9.59 Å². The van der Waals surface area contributed by atoms with E-state index in [0.717, 1.165) is 19.3 Å². The minimum atomic E-state index is -0.0618. The first kappa shape index (κ1) is 47.9. The largest absolute Gasteiger partial charge is 2.00 e. The average molecular weight is 862 g/mol. The molecule has 2 unspecified atom stereocenters. The van der Waals surface area contributed by atoms with Crippen molar-refractivity contribution in [2.45, 2.75) is 57.0 Å². The van der Waals surface area contributed by atoms with E-state index in [1.54, 1.807) is 0 Å². The normalized spacial score (nSPS) is 10.6. The fourth-order valence-electron chi connectivity index (χ4n) is 1.95. The molecule has 0 spiro atoms. The third kappa shape index (κ3) is 34.1. The van der Waals surface area contributed by atoms with E-state index in [0.29, 0.717) is 51.9 Å². The maximum absolute atomic E-state index is 11.6. The average Bonchev–Trinajstić information content (AvgIpc) is 2.54. The summed E-state index contributed by atoms with van der Waals surface area (Å²) in [6.45, 7) is 1.97. The Morgan fingerprint density at radius 2 is 0.966 bits per heavy atom. The summed E-state index contributed by atoms with van der Waals surface area (Å²) < 4.78 is 0. The van der Waals surface area contributed by atoms with Gasteiger partial charge in [0, 0.05) is 51.1 Å². The van der Waals surface area contributed by atoms with Crippen molar-refractivity contribution in [2.24, 2.45) is 22.9 Å². The molecule has 0 fully saturated rings. The van der Waals surface area contributed by atoms with Gasteiger partial charge in [-0.05, 0) is 25.7 Å². The number of carbonyl (C=O) groups excluding carboxylic acids is 2. The van der Waals surface area contributed by atoms with Crippen molar-refractivity contribution in [3.05, 3.63) is 0 Å². The van der Waals surface area contributed by atoms with Gasteiger partial charge >= 0.3 is 42.1 Å². The van der Waals surface area contributed by atoms with Gasteiger partial charge < -0.3 is 83.2 Å². The number of amides is 2. The molecule has 0 rings (SSSR count). The van der Waals surface area contributed by atoms with Crippen LogP contribution in [-0.4, -0.2) is 50.1 Å². The summed E-state index contributed by atoms with van der Waals surface area (Å²) >= 11 is 0. The van der Waals surface area contributed by atoms with Crippen LogP contribution >= 0.6 is 0 Å². The summed E-state index contributed by atoms with van der Waals surface area (Å²) in [5.41, 5.74) is 22.1. The van der Waals surface area contributed by atoms with Crippen molar-refractivity contribution in [1.82, 2.24) is 10.6 Å². The van der Waals surface area contributed by atoms with Crippen LogP contribution in [0.2, 0.25) is 0 Å². The predicted molar refractivity (Wildman–Crippen MR) is 92.4 cm³/mol. The van der Waals surface area contributed by atoms with Gasteiger partial charge in [-0.1, -0.05) is 6.42 Å². The Balaban J connectivity index is -0.000000161. The summed E-state index contributed by atoms with van der Waals surface area (Å²) in [7, 11) is 0. The minimum absolute atomic E-state index is 0. The van der Waals surface area contributed by atoms with Crippen molar-refractivity contribution in [1.29, 1.82) is 0 Å². The number of rotatable bonds is 14. The van der Waals surface area contributed by atoms with E-state index in [4.69, 9.17) is 22.9 Å². The molecule has 10 N–H and O–H groups in total. The molecule has 0 aromatic carbocycles. The standard InChI is InChI=1S/C15H34N6O2.4ClH.2Pt/c16-10-12(18)6-8-20-14(22)4-2-1-3-5-15(23)21-9-7-13(19)11-17;;;;;;/h12-13H,1-11,16-19H2,(H,20,22)(H,21,23);4*1H;;/q;;;;;2*+2/p-4. The van der Waals surface area contributed by atoms with Crippen molar-refractivity contribution >= 4 is 11.8 Å². The van der Waals surface area contributed by atoms with Crippen LogP contribution in [0.25, 0.3) is 0 Å². The minimum Gasteiger partial charge on any atom is -1.00 e. The molecule has 2 amide bonds. The molecule has 8 nitrogen and oxygen atoms in total. The fourth-order valence-corrected chi connectivity index (χ4v) is 1.95. The van der Waals surface area contributed by atoms with E-state index < -0.39 is 0 Å². The molecule has 0 bridgehead atoms. The van der Waals surface area contributed by atoms with Gasteiger partial charge in [0.05, 0.1) is 0 Å². The van der Waals surface area contributed by atoms with E-state index in [2.05, 4.69) is 10.6 Å². The van der Waals surface area contributed by atoms with Gasteiger partial charge in [-0.2, -0.15) is 0 Å². The number of halogens is 4. The maximum atomic E-state index is 11.6. The van der Waals surface area contributed by atoms with Crippen molar-refractivity contribution in [3.8, 4) is 0 Å². The quantitative estimate of drug-likeness (QED) is 0.0953. The first-order chi connectivity index (χ1) is 11.0. The molecule has 0 aliphatic heterocycles. The Labute approximate surface area is 228 Å². The smallest absolute Gasteiger partial charge is 1.00 e. The van der Waals surface area contributed by atoms with E-state index in [1.807, 2.05) is 0 Å². The van der Waals surface area contributed by atoms with Crippen molar-refractivity contribution in [3.63, 3.8) is 0 Å². The summed E-state index contributed by atoms with van der Waals surface area (Å²) in [6, 6.07) is -0.124. The molecule has 29 heavy (non-hydrogen) atoms. The van der Waals surface area contributed by atoms with Crippen LogP contribution in [0.5, 0.6) is 0 Å². The summed E-state index contributed by atoms with van der Waals surface area (Å²) in [4.78, 5) is 23.1. The van der Waals surface area contributed by atoms with Crippen LogP contribution in [0, 0.1) is 0 Å². The molecule has 0 saturated heterocycles. The Morgan fingerprint density at radius 1 is 0.655 bits per heavy atom. The second-order valence-corrected chi connectivity index (χ2v) is 5.83. The molecule has 0 aliphatic carbocycles. The van der Waals surface area contributed by atoms with Crippen LogP contribution in [0.15, 0.2) is 0 Å². The van der Waals surface area contributed by atoms with Gasteiger partial charge in [0.2, 0.25) is 11.8 Å². The second-order valence-electron chi connectivity index (χ2n) is 5.83. The molecule has 0 heterocycles. The van der Waals surface area contributed by atoms with Crippen molar-refractivity contribution in [2.75, 3.05) is 26.2 Å². The second kappa shape index (κ2) is 33.9. The fraction of sp³-hybridized carbons (Fsp3) is 0.867. The monoisotopic (exact) mass is 860 g/mol. The van der Waals surface area contributed by atoms with Crippen molar-refractivity contribution < 1.29 is 101 Å². The molecule has 0 aliphatic rings. The van der Waals surface area contributed by atoms with E-state index >= 15 is 0 Å². The number of nitrogens with two attached hydrogens (primary N) is 4. The molecule has 2 atom stereocenters. The molecule has 0 radical (unpaired) electrons. The molecule has 0 saturated carbocycles. The van der Waals surface area contributed by atoms with E-state index in [1.165, 1.54) is 0 Å². The Hall–Kier alpha value is 1.32. The van der Waals surface area contributed by atoms with E-state index in [-0.39, 0.29) is 116 Å². The molecular formula is C15H34Cl4N6O2Pt2. The molecular weight excluding hydrogens is 828 g/mol. The van der Waals surface area contributed by atoms with Gasteiger partial charge in [-0.25, -0.2) is 0 Å². The Bertz CT molecular complexity index is 324. The maximum Gasteiger partial charge on any atom is 2.00 e. The summed E-state index contributed by atoms with van der Waals surface area (Å²) in [5, 5.41) is 5.63. The number of nitrogens with one attached hydrogen (secondary N) is 2. The Morgan fingerprint density at radius 3 is 1.24 bits per heavy atom. The molecule has 184 valence electrons. The third-order valence-electron chi connectivity index (χ3n) is 3.59. The van der Waals surface area contributed by atoms with Crippen LogP contribution in [0.3, 0.4) is 0 Å². The number of unbranched alkanes of at least 4 members (excludes halogenated alkanes) is 2. The molecule has 14 heteroatoms. The molecule has 0 aromatic heterocycles. The van der Waals surface area contributed by atoms with Crippen LogP contribution < -0.4 is 83.2 Å². The first-order valence-electron chi connectivity index (χ1n) is 8.44. The van der Waals surface area contributed by atoms with Crippen LogP contribution in [0.4, 0.5) is 0 Å². The first-order valence-corrected chi connectivity index (χ1v) is 8.44. The molecule has 0 aromatic rings. The zero-order chi connectivity index (χ0) is 17.5. The number of carbonyl (C=O) groups is 2. The zero-order valence-electron chi connectivity index (χ0n) is 16.2. The van der Waals surface area contributed by atoms with Gasteiger partial charge in [0.25, 0.3) is 0 Å². The van der Waals surface area contributed by atoms with Crippen LogP contribution in [0.1, 0.15) is 44.9 Å². The topological polar surface area (TPSA) is 162 Å². The zero-order valence-corrected chi connectivity index (χ0v) is 23.8. The van der Waals surface area contributed by atoms with Gasteiger partial charge in [0.15, 0.2) is 0 Å². The number of hydrogen-bond acceptors (Lipinski definition) is 6. The van der Waals surface area contributed by atoms with Gasteiger partial charge in [0.1, 0.15) is 0 Å². The SMILES string of the molecule is NCC(N)CCNC(=O)CCCCCC(=O)NCCC(N)CN.[Cl-].[Cl-].[Cl-].[Cl-].[Pt+2].[Pt+2]. The van der Waals surface area contributed by atoms with Crippen LogP contribution in [-0.2, 0) is 51.7 Å². The summed E-state index contributed by atoms with van der Waals surface area (Å²) in [5.74, 6) is 0.0453. The van der Waals surface area contributed by atoms with E-state index in [9.17, 15) is 9.59 Å². The third-order valence-corrected chi connectivity index (χ3v) is 3.59. The number of hydrogen-bond donors (Lipinski definition) is 6. The Kier molecular flexibility index (Phi) is 56.1. The predicted octanol–water partition coefficient (Wildman–Crippen LogP) is -13.5.